The zero-order valence-corrected chi connectivity index (χ0v) is 13.5. The number of hydrogen-bond donors (Lipinski definition) is 2. The number of hydrogen-bond acceptors (Lipinski definition) is 3. The SMILES string of the molecule is CN(C)C(=O)CN=C(NCc1ccco1)NC1CCCCC1. The third-order valence-electron chi connectivity index (χ3n) is 3.83. The summed E-state index contributed by atoms with van der Waals surface area (Å²) in [5.41, 5.74) is 0. The van der Waals surface area contributed by atoms with Gasteiger partial charge in [0.25, 0.3) is 0 Å². The first-order valence-electron chi connectivity index (χ1n) is 7.92. The van der Waals surface area contributed by atoms with Gasteiger partial charge < -0.3 is 20.0 Å². The van der Waals surface area contributed by atoms with Crippen LogP contribution in [-0.2, 0) is 11.3 Å². The molecule has 6 heteroatoms. The molecule has 1 aliphatic carbocycles. The lowest BCUT2D eigenvalue weighted by Crippen LogP contribution is -2.44. The molecule has 0 unspecified atom stereocenters. The Morgan fingerprint density at radius 3 is 2.77 bits per heavy atom. The van der Waals surface area contributed by atoms with Crippen molar-refractivity contribution in [2.45, 2.75) is 44.7 Å². The number of amides is 1. The van der Waals surface area contributed by atoms with E-state index in [-0.39, 0.29) is 12.5 Å². The lowest BCUT2D eigenvalue weighted by molar-refractivity contribution is -0.127. The van der Waals surface area contributed by atoms with Crippen LogP contribution >= 0.6 is 0 Å². The predicted molar refractivity (Wildman–Crippen MR) is 86.6 cm³/mol. The number of nitrogens with one attached hydrogen (secondary N) is 2. The van der Waals surface area contributed by atoms with Crippen molar-refractivity contribution in [1.29, 1.82) is 0 Å². The monoisotopic (exact) mass is 306 g/mol. The maximum atomic E-state index is 11.7. The van der Waals surface area contributed by atoms with Gasteiger partial charge in [0.15, 0.2) is 5.96 Å². The van der Waals surface area contributed by atoms with Crippen LogP contribution in [0.1, 0.15) is 37.9 Å². The molecule has 1 saturated carbocycles. The maximum absolute atomic E-state index is 11.7. The minimum Gasteiger partial charge on any atom is -0.467 e. The van der Waals surface area contributed by atoms with E-state index in [1.807, 2.05) is 12.1 Å². The van der Waals surface area contributed by atoms with E-state index in [1.54, 1.807) is 25.3 Å². The predicted octanol–water partition coefficient (Wildman–Crippen LogP) is 1.74. The summed E-state index contributed by atoms with van der Waals surface area (Å²) < 4.78 is 5.32. The number of rotatable bonds is 5. The molecule has 6 nitrogen and oxygen atoms in total. The molecule has 0 aromatic carbocycles. The second-order valence-corrected chi connectivity index (χ2v) is 5.87. The second-order valence-electron chi connectivity index (χ2n) is 5.87. The Bertz CT molecular complexity index is 476. The average molecular weight is 306 g/mol. The van der Waals surface area contributed by atoms with Gasteiger partial charge in [-0.05, 0) is 25.0 Å². The normalized spacial score (nSPS) is 16.4. The van der Waals surface area contributed by atoms with E-state index in [0.717, 1.165) is 18.6 Å². The van der Waals surface area contributed by atoms with Gasteiger partial charge in [-0.15, -0.1) is 0 Å². The van der Waals surface area contributed by atoms with Crippen LogP contribution in [0.3, 0.4) is 0 Å². The second kappa shape index (κ2) is 8.46. The van der Waals surface area contributed by atoms with Gasteiger partial charge in [-0.3, -0.25) is 4.79 Å². The van der Waals surface area contributed by atoms with Gasteiger partial charge >= 0.3 is 0 Å². The van der Waals surface area contributed by atoms with Gasteiger partial charge in [0.05, 0.1) is 12.8 Å². The van der Waals surface area contributed by atoms with Crippen molar-refractivity contribution in [3.63, 3.8) is 0 Å². The highest BCUT2D eigenvalue weighted by molar-refractivity contribution is 5.84. The van der Waals surface area contributed by atoms with E-state index in [1.165, 1.54) is 19.3 Å². The molecule has 1 heterocycles. The van der Waals surface area contributed by atoms with Crippen LogP contribution in [0.5, 0.6) is 0 Å². The zero-order chi connectivity index (χ0) is 15.8. The van der Waals surface area contributed by atoms with Crippen molar-refractivity contribution < 1.29 is 9.21 Å². The molecule has 22 heavy (non-hydrogen) atoms. The van der Waals surface area contributed by atoms with Gasteiger partial charge in [0, 0.05) is 20.1 Å². The third kappa shape index (κ3) is 5.42. The van der Waals surface area contributed by atoms with Crippen molar-refractivity contribution in [1.82, 2.24) is 15.5 Å². The zero-order valence-electron chi connectivity index (χ0n) is 13.5. The molecule has 1 amide bonds. The molecule has 1 aromatic heterocycles. The van der Waals surface area contributed by atoms with E-state index < -0.39 is 0 Å². The van der Waals surface area contributed by atoms with Crippen molar-refractivity contribution in [2.24, 2.45) is 4.99 Å². The van der Waals surface area contributed by atoms with Crippen molar-refractivity contribution in [3.8, 4) is 0 Å². The van der Waals surface area contributed by atoms with Gasteiger partial charge in [0.2, 0.25) is 5.91 Å². The summed E-state index contributed by atoms with van der Waals surface area (Å²) in [6, 6.07) is 4.21. The molecular formula is C16H26N4O2. The molecule has 1 fully saturated rings. The lowest BCUT2D eigenvalue weighted by atomic mass is 9.96. The molecule has 122 valence electrons. The van der Waals surface area contributed by atoms with Crippen molar-refractivity contribution >= 4 is 11.9 Å². The topological polar surface area (TPSA) is 69.9 Å². The highest BCUT2D eigenvalue weighted by Crippen LogP contribution is 2.17. The first kappa shape index (κ1) is 16.4. The fourth-order valence-electron chi connectivity index (χ4n) is 2.46. The molecule has 1 aromatic rings. The third-order valence-corrected chi connectivity index (χ3v) is 3.83. The summed E-state index contributed by atoms with van der Waals surface area (Å²) in [6.45, 7) is 0.703. The van der Waals surface area contributed by atoms with Crippen LogP contribution in [0.2, 0.25) is 0 Å². The summed E-state index contributed by atoms with van der Waals surface area (Å²) in [5.74, 6) is 1.51. The van der Waals surface area contributed by atoms with E-state index in [4.69, 9.17) is 4.42 Å². The Labute approximate surface area is 132 Å². The highest BCUT2D eigenvalue weighted by atomic mass is 16.3. The van der Waals surface area contributed by atoms with Crippen LogP contribution in [-0.4, -0.2) is 43.4 Å². The van der Waals surface area contributed by atoms with E-state index in [9.17, 15) is 4.79 Å². The number of carbonyl (C=O) groups is 1. The van der Waals surface area contributed by atoms with E-state index >= 15 is 0 Å². The summed E-state index contributed by atoms with van der Waals surface area (Å²) >= 11 is 0. The number of aliphatic imine (C=N–C) groups is 1. The van der Waals surface area contributed by atoms with Gasteiger partial charge in [-0.2, -0.15) is 0 Å². The number of carbonyl (C=O) groups excluding carboxylic acids is 1. The van der Waals surface area contributed by atoms with Gasteiger partial charge in [0.1, 0.15) is 12.3 Å². The van der Waals surface area contributed by atoms with E-state index in [2.05, 4.69) is 15.6 Å². The molecule has 0 radical (unpaired) electrons. The Kier molecular flexibility index (Phi) is 6.30. The van der Waals surface area contributed by atoms with Crippen molar-refractivity contribution in [3.05, 3.63) is 24.2 Å². The Balaban J connectivity index is 1.92. The average Bonchev–Trinajstić information content (AvgIpc) is 3.04. The Hall–Kier alpha value is -1.98. The molecule has 2 rings (SSSR count). The van der Waals surface area contributed by atoms with Crippen LogP contribution in [0.15, 0.2) is 27.8 Å². The van der Waals surface area contributed by atoms with Crippen LogP contribution < -0.4 is 10.6 Å². The number of nitrogens with zero attached hydrogens (tertiary/aromatic N) is 2. The summed E-state index contributed by atoms with van der Waals surface area (Å²) in [7, 11) is 3.48. The summed E-state index contributed by atoms with van der Waals surface area (Å²) in [4.78, 5) is 17.7. The molecule has 0 saturated heterocycles. The fraction of sp³-hybridized carbons (Fsp3) is 0.625. The van der Waals surface area contributed by atoms with Crippen LogP contribution in [0, 0.1) is 0 Å². The number of likely N-dealkylation sites (N-methyl/N-ethyl adjacent to an activating group) is 1. The minimum absolute atomic E-state index is 0.0113. The van der Waals surface area contributed by atoms with Crippen molar-refractivity contribution in [2.75, 3.05) is 20.6 Å². The molecule has 1 aliphatic rings. The summed E-state index contributed by atoms with van der Waals surface area (Å²) in [5, 5.41) is 6.68. The molecule has 0 aliphatic heterocycles. The van der Waals surface area contributed by atoms with Gasteiger partial charge in [-0.25, -0.2) is 4.99 Å². The van der Waals surface area contributed by atoms with Crippen LogP contribution in [0.25, 0.3) is 0 Å². The smallest absolute Gasteiger partial charge is 0.243 e. The quantitative estimate of drug-likeness (QED) is 0.642. The lowest BCUT2D eigenvalue weighted by Gasteiger charge is -2.25. The maximum Gasteiger partial charge on any atom is 0.243 e. The molecule has 2 N–H and O–H groups in total. The first-order chi connectivity index (χ1) is 10.6. The minimum atomic E-state index is -0.0113. The van der Waals surface area contributed by atoms with Gasteiger partial charge in [-0.1, -0.05) is 19.3 Å². The Morgan fingerprint density at radius 1 is 1.36 bits per heavy atom. The van der Waals surface area contributed by atoms with E-state index in [0.29, 0.717) is 18.5 Å². The molecule has 0 bridgehead atoms. The van der Waals surface area contributed by atoms with Crippen LogP contribution in [0.4, 0.5) is 0 Å². The fourth-order valence-corrected chi connectivity index (χ4v) is 2.46. The number of furan rings is 1. The highest BCUT2D eigenvalue weighted by Gasteiger charge is 2.15. The first-order valence-corrected chi connectivity index (χ1v) is 7.92. The Morgan fingerprint density at radius 2 is 2.14 bits per heavy atom. The largest absolute Gasteiger partial charge is 0.467 e. The standard InChI is InChI=1S/C16H26N4O2/c1-20(2)15(21)12-18-16(17-11-14-9-6-10-22-14)19-13-7-4-3-5-8-13/h6,9-10,13H,3-5,7-8,11-12H2,1-2H3,(H2,17,18,19). The molecular weight excluding hydrogens is 280 g/mol. The molecule has 0 spiro atoms. The number of guanidine groups is 1. The summed E-state index contributed by atoms with van der Waals surface area (Å²) in [6.07, 6.45) is 7.77. The molecule has 0 atom stereocenters.